The smallest absolute Gasteiger partial charge is 0.123 e. The molecule has 2 aromatic carbocycles. The fraction of sp³-hybridized carbons (Fsp3) is 0.333. The maximum atomic E-state index is 13.6. The van der Waals surface area contributed by atoms with Gasteiger partial charge >= 0.3 is 0 Å². The SMILES string of the molecule is CNCc1ccc(F)cc1-c1cccc(C2CCC2)c1. The summed E-state index contributed by atoms with van der Waals surface area (Å²) in [5.41, 5.74) is 4.66. The van der Waals surface area contributed by atoms with Crippen LogP contribution >= 0.6 is 0 Å². The van der Waals surface area contributed by atoms with Crippen LogP contribution in [0.3, 0.4) is 0 Å². The molecule has 1 nitrogen and oxygen atoms in total. The van der Waals surface area contributed by atoms with E-state index in [1.165, 1.54) is 30.9 Å². The predicted molar refractivity (Wildman–Crippen MR) is 81.2 cm³/mol. The highest BCUT2D eigenvalue weighted by molar-refractivity contribution is 5.68. The zero-order chi connectivity index (χ0) is 13.9. The van der Waals surface area contributed by atoms with E-state index in [4.69, 9.17) is 0 Å². The van der Waals surface area contributed by atoms with Crippen molar-refractivity contribution in [1.29, 1.82) is 0 Å². The molecule has 0 heterocycles. The van der Waals surface area contributed by atoms with Crippen molar-refractivity contribution in [3.8, 4) is 11.1 Å². The molecule has 0 aromatic heterocycles. The third-order valence-electron chi connectivity index (χ3n) is 4.21. The second-order valence-electron chi connectivity index (χ2n) is 5.59. The number of nitrogens with one attached hydrogen (secondary N) is 1. The Labute approximate surface area is 119 Å². The Morgan fingerprint density at radius 1 is 1.15 bits per heavy atom. The molecule has 1 aliphatic rings. The first-order valence-corrected chi connectivity index (χ1v) is 7.31. The van der Waals surface area contributed by atoms with Crippen LogP contribution in [0, 0.1) is 5.82 Å². The van der Waals surface area contributed by atoms with Gasteiger partial charge in [0.05, 0.1) is 0 Å². The van der Waals surface area contributed by atoms with Gasteiger partial charge in [0.2, 0.25) is 0 Å². The van der Waals surface area contributed by atoms with Gasteiger partial charge in [0.15, 0.2) is 0 Å². The molecule has 0 bridgehead atoms. The monoisotopic (exact) mass is 269 g/mol. The largest absolute Gasteiger partial charge is 0.316 e. The predicted octanol–water partition coefficient (Wildman–Crippen LogP) is 4.48. The van der Waals surface area contributed by atoms with Crippen molar-refractivity contribution in [2.45, 2.75) is 31.7 Å². The summed E-state index contributed by atoms with van der Waals surface area (Å²) in [5, 5.41) is 3.15. The molecule has 1 saturated carbocycles. The Hall–Kier alpha value is -1.67. The first kappa shape index (κ1) is 13.3. The minimum atomic E-state index is -0.172. The molecule has 0 radical (unpaired) electrons. The molecule has 3 rings (SSSR count). The number of hydrogen-bond donors (Lipinski definition) is 1. The highest BCUT2D eigenvalue weighted by atomic mass is 19.1. The number of rotatable bonds is 4. The van der Waals surface area contributed by atoms with Gasteiger partial charge in [0.1, 0.15) is 5.82 Å². The van der Waals surface area contributed by atoms with Gasteiger partial charge in [0, 0.05) is 6.54 Å². The van der Waals surface area contributed by atoms with E-state index in [1.54, 1.807) is 6.07 Å². The Kier molecular flexibility index (Phi) is 3.83. The summed E-state index contributed by atoms with van der Waals surface area (Å²) < 4.78 is 13.6. The second kappa shape index (κ2) is 5.76. The van der Waals surface area contributed by atoms with E-state index < -0.39 is 0 Å². The van der Waals surface area contributed by atoms with Crippen LogP contribution < -0.4 is 5.32 Å². The first-order valence-electron chi connectivity index (χ1n) is 7.31. The molecular formula is C18H20FN. The molecule has 0 spiro atoms. The fourth-order valence-corrected chi connectivity index (χ4v) is 2.86. The van der Waals surface area contributed by atoms with Gasteiger partial charge in [-0.05, 0) is 60.2 Å². The van der Waals surface area contributed by atoms with E-state index in [-0.39, 0.29) is 5.82 Å². The lowest BCUT2D eigenvalue weighted by Crippen LogP contribution is -2.09. The Morgan fingerprint density at radius 2 is 2.00 bits per heavy atom. The van der Waals surface area contributed by atoms with Crippen LogP contribution in [0.4, 0.5) is 4.39 Å². The van der Waals surface area contributed by atoms with Gasteiger partial charge in [-0.2, -0.15) is 0 Å². The lowest BCUT2D eigenvalue weighted by molar-refractivity contribution is 0.420. The molecule has 1 aliphatic carbocycles. The average Bonchev–Trinajstić information content (AvgIpc) is 2.39. The number of benzene rings is 2. The second-order valence-corrected chi connectivity index (χ2v) is 5.59. The van der Waals surface area contributed by atoms with Crippen molar-refractivity contribution in [3.63, 3.8) is 0 Å². The van der Waals surface area contributed by atoms with Crippen LogP contribution in [-0.4, -0.2) is 7.05 Å². The van der Waals surface area contributed by atoms with Crippen molar-refractivity contribution >= 4 is 0 Å². The number of halogens is 1. The normalized spacial score (nSPS) is 15.1. The van der Waals surface area contributed by atoms with Crippen LogP contribution in [0.2, 0.25) is 0 Å². The van der Waals surface area contributed by atoms with Gasteiger partial charge in [-0.15, -0.1) is 0 Å². The van der Waals surface area contributed by atoms with E-state index in [2.05, 4.69) is 29.6 Å². The summed E-state index contributed by atoms with van der Waals surface area (Å²) in [5.74, 6) is 0.533. The number of hydrogen-bond acceptors (Lipinski definition) is 1. The van der Waals surface area contributed by atoms with E-state index in [0.29, 0.717) is 5.92 Å². The lowest BCUT2D eigenvalue weighted by atomic mass is 9.79. The highest BCUT2D eigenvalue weighted by Gasteiger charge is 2.19. The minimum Gasteiger partial charge on any atom is -0.316 e. The third-order valence-corrected chi connectivity index (χ3v) is 4.21. The summed E-state index contributed by atoms with van der Waals surface area (Å²) in [6.07, 6.45) is 3.91. The minimum absolute atomic E-state index is 0.172. The maximum Gasteiger partial charge on any atom is 0.123 e. The van der Waals surface area contributed by atoms with E-state index in [9.17, 15) is 4.39 Å². The average molecular weight is 269 g/mol. The Morgan fingerprint density at radius 3 is 2.70 bits per heavy atom. The van der Waals surface area contributed by atoms with Gasteiger partial charge in [-0.25, -0.2) is 4.39 Å². The highest BCUT2D eigenvalue weighted by Crippen LogP contribution is 2.38. The molecule has 2 aromatic rings. The standard InChI is InChI=1S/C18H20FN/c1-20-12-16-8-9-17(19)11-18(16)15-7-3-6-14(10-15)13-4-2-5-13/h3,6-11,13,20H,2,4-5,12H2,1H3. The summed E-state index contributed by atoms with van der Waals surface area (Å²) >= 11 is 0. The van der Waals surface area contributed by atoms with Crippen molar-refractivity contribution in [2.75, 3.05) is 7.05 Å². The van der Waals surface area contributed by atoms with Gasteiger partial charge in [-0.3, -0.25) is 0 Å². The Bertz CT molecular complexity index is 602. The van der Waals surface area contributed by atoms with Crippen LogP contribution in [-0.2, 0) is 6.54 Å². The quantitative estimate of drug-likeness (QED) is 0.863. The maximum absolute atomic E-state index is 13.6. The molecule has 0 unspecified atom stereocenters. The van der Waals surface area contributed by atoms with Crippen molar-refractivity contribution in [3.05, 3.63) is 59.4 Å². The van der Waals surface area contributed by atoms with Gasteiger partial charge < -0.3 is 5.32 Å². The summed E-state index contributed by atoms with van der Waals surface area (Å²) in [4.78, 5) is 0. The summed E-state index contributed by atoms with van der Waals surface area (Å²) in [7, 11) is 1.91. The van der Waals surface area contributed by atoms with Crippen molar-refractivity contribution in [2.24, 2.45) is 0 Å². The van der Waals surface area contributed by atoms with Gasteiger partial charge in [0.25, 0.3) is 0 Å². The van der Waals surface area contributed by atoms with Crippen molar-refractivity contribution < 1.29 is 4.39 Å². The molecule has 20 heavy (non-hydrogen) atoms. The molecule has 0 amide bonds. The molecule has 0 aliphatic heterocycles. The molecule has 2 heteroatoms. The van der Waals surface area contributed by atoms with E-state index in [0.717, 1.165) is 23.2 Å². The van der Waals surface area contributed by atoms with Crippen LogP contribution in [0.15, 0.2) is 42.5 Å². The first-order chi connectivity index (χ1) is 9.78. The lowest BCUT2D eigenvalue weighted by Gasteiger charge is -2.26. The fourth-order valence-electron chi connectivity index (χ4n) is 2.86. The molecular weight excluding hydrogens is 249 g/mol. The molecule has 104 valence electrons. The van der Waals surface area contributed by atoms with Crippen molar-refractivity contribution in [1.82, 2.24) is 5.32 Å². The molecule has 0 atom stereocenters. The molecule has 1 fully saturated rings. The summed E-state index contributed by atoms with van der Waals surface area (Å²) in [6.45, 7) is 0.753. The van der Waals surface area contributed by atoms with Crippen LogP contribution in [0.5, 0.6) is 0 Å². The summed E-state index contributed by atoms with van der Waals surface area (Å²) in [6, 6.07) is 13.7. The van der Waals surface area contributed by atoms with Gasteiger partial charge in [-0.1, -0.05) is 36.8 Å². The molecule has 0 saturated heterocycles. The zero-order valence-corrected chi connectivity index (χ0v) is 11.8. The topological polar surface area (TPSA) is 12.0 Å². The Balaban J connectivity index is 2.00. The van der Waals surface area contributed by atoms with E-state index >= 15 is 0 Å². The zero-order valence-electron chi connectivity index (χ0n) is 11.8. The van der Waals surface area contributed by atoms with Crippen LogP contribution in [0.25, 0.3) is 11.1 Å². The van der Waals surface area contributed by atoms with Crippen LogP contribution in [0.1, 0.15) is 36.3 Å². The third kappa shape index (κ3) is 2.61. The van der Waals surface area contributed by atoms with E-state index in [1.807, 2.05) is 13.1 Å². The molecule has 1 N–H and O–H groups in total.